The highest BCUT2D eigenvalue weighted by molar-refractivity contribution is 7.71. The summed E-state index contributed by atoms with van der Waals surface area (Å²) in [6.07, 6.45) is 3.23. The highest BCUT2D eigenvalue weighted by atomic mass is 32.1. The Morgan fingerprint density at radius 1 is 1.32 bits per heavy atom. The van der Waals surface area contributed by atoms with E-state index in [-0.39, 0.29) is 11.7 Å². The van der Waals surface area contributed by atoms with Crippen molar-refractivity contribution in [3.8, 4) is 5.69 Å². The van der Waals surface area contributed by atoms with Gasteiger partial charge in [-0.05, 0) is 36.5 Å². The van der Waals surface area contributed by atoms with Crippen LogP contribution in [0.15, 0.2) is 42.7 Å². The van der Waals surface area contributed by atoms with Gasteiger partial charge in [0.2, 0.25) is 0 Å². The number of anilines is 1. The molecular weight excluding hydrogens is 305 g/mol. The van der Waals surface area contributed by atoms with Crippen LogP contribution in [-0.2, 0) is 7.05 Å². The van der Waals surface area contributed by atoms with Gasteiger partial charge in [0.15, 0.2) is 10.6 Å². The second-order valence-corrected chi connectivity index (χ2v) is 5.01. The van der Waals surface area contributed by atoms with E-state index in [1.165, 1.54) is 22.9 Å². The maximum absolute atomic E-state index is 13.0. The second kappa shape index (κ2) is 5.57. The first-order valence-corrected chi connectivity index (χ1v) is 6.83. The number of H-pyrrole nitrogens is 1. The molecule has 0 atom stereocenters. The predicted molar refractivity (Wildman–Crippen MR) is 82.1 cm³/mol. The normalized spacial score (nSPS) is 10.6. The molecule has 1 aromatic carbocycles. The van der Waals surface area contributed by atoms with E-state index in [2.05, 4.69) is 15.4 Å². The van der Waals surface area contributed by atoms with Crippen LogP contribution < -0.4 is 5.32 Å². The van der Waals surface area contributed by atoms with Gasteiger partial charge in [0.25, 0.3) is 5.91 Å². The first-order chi connectivity index (χ1) is 10.5. The Bertz CT molecular complexity index is 877. The van der Waals surface area contributed by atoms with E-state index < -0.39 is 0 Å². The number of nitrogens with one attached hydrogen (secondary N) is 2. The van der Waals surface area contributed by atoms with E-state index in [9.17, 15) is 9.18 Å². The highest BCUT2D eigenvalue weighted by Crippen LogP contribution is 2.15. The Balaban J connectivity index is 1.96. The van der Waals surface area contributed by atoms with Crippen molar-refractivity contribution in [2.45, 2.75) is 0 Å². The second-order valence-electron chi connectivity index (χ2n) is 4.62. The van der Waals surface area contributed by atoms with E-state index in [1.54, 1.807) is 36.1 Å². The third-order valence-electron chi connectivity index (χ3n) is 3.05. The van der Waals surface area contributed by atoms with Crippen molar-refractivity contribution in [3.63, 3.8) is 0 Å². The lowest BCUT2D eigenvalue weighted by molar-refractivity contribution is 0.102. The molecule has 6 nitrogen and oxygen atoms in total. The van der Waals surface area contributed by atoms with Gasteiger partial charge in [-0.3, -0.25) is 14.0 Å². The van der Waals surface area contributed by atoms with Crippen molar-refractivity contribution >= 4 is 23.9 Å². The van der Waals surface area contributed by atoms with Crippen molar-refractivity contribution in [3.05, 3.63) is 59.0 Å². The molecule has 3 rings (SSSR count). The minimum Gasteiger partial charge on any atom is -0.336 e. The minimum absolute atomic E-state index is 0.308. The van der Waals surface area contributed by atoms with Crippen LogP contribution in [0.4, 0.5) is 10.2 Å². The summed E-state index contributed by atoms with van der Waals surface area (Å²) >= 11 is 5.19. The average molecular weight is 317 g/mol. The Labute approximate surface area is 130 Å². The molecule has 0 aliphatic rings. The minimum atomic E-state index is -0.365. The van der Waals surface area contributed by atoms with Gasteiger partial charge in [-0.25, -0.2) is 4.39 Å². The Morgan fingerprint density at radius 3 is 2.68 bits per heavy atom. The number of hydrogen-bond acceptors (Lipinski definition) is 3. The molecule has 2 N–H and O–H groups in total. The standard InChI is InChI=1S/C14H12FN5OS/c1-19-7-6-12(18-19)17-13(21)11-8-16-14(22)20(11)10-4-2-9(15)3-5-10/h2-8H,1H3,(H,16,22)(H,17,18,21). The number of imidazole rings is 1. The molecule has 0 aliphatic heterocycles. The first-order valence-electron chi connectivity index (χ1n) is 6.42. The zero-order valence-electron chi connectivity index (χ0n) is 11.6. The summed E-state index contributed by atoms with van der Waals surface area (Å²) in [7, 11) is 1.76. The number of aryl methyl sites for hydroxylation is 1. The molecule has 22 heavy (non-hydrogen) atoms. The number of aromatic nitrogens is 4. The van der Waals surface area contributed by atoms with E-state index in [4.69, 9.17) is 12.2 Å². The molecule has 2 heterocycles. The maximum Gasteiger partial charge on any atom is 0.275 e. The third-order valence-corrected chi connectivity index (χ3v) is 3.35. The summed E-state index contributed by atoms with van der Waals surface area (Å²) in [4.78, 5) is 15.2. The lowest BCUT2D eigenvalue weighted by Crippen LogP contribution is -2.16. The number of amides is 1. The van der Waals surface area contributed by atoms with Crippen molar-refractivity contribution in [1.29, 1.82) is 0 Å². The smallest absolute Gasteiger partial charge is 0.275 e. The van der Waals surface area contributed by atoms with Crippen LogP contribution in [0, 0.1) is 10.6 Å². The topological polar surface area (TPSA) is 67.6 Å². The monoisotopic (exact) mass is 317 g/mol. The van der Waals surface area contributed by atoms with Crippen molar-refractivity contribution in [2.24, 2.45) is 7.05 Å². The van der Waals surface area contributed by atoms with Crippen LogP contribution in [-0.4, -0.2) is 25.2 Å². The largest absolute Gasteiger partial charge is 0.336 e. The van der Waals surface area contributed by atoms with E-state index in [1.807, 2.05) is 0 Å². The number of carbonyl (C=O) groups excluding carboxylic acids is 1. The maximum atomic E-state index is 13.0. The fourth-order valence-corrected chi connectivity index (χ4v) is 2.31. The number of halogens is 1. The summed E-state index contributed by atoms with van der Waals surface area (Å²) in [5.41, 5.74) is 0.904. The Kier molecular flexibility index (Phi) is 3.60. The van der Waals surface area contributed by atoms with Gasteiger partial charge in [-0.1, -0.05) is 0 Å². The number of benzene rings is 1. The molecule has 0 spiro atoms. The molecule has 0 fully saturated rings. The molecule has 1 amide bonds. The zero-order chi connectivity index (χ0) is 15.7. The summed E-state index contributed by atoms with van der Waals surface area (Å²) in [6, 6.07) is 7.41. The lowest BCUT2D eigenvalue weighted by Gasteiger charge is -2.08. The van der Waals surface area contributed by atoms with E-state index >= 15 is 0 Å². The predicted octanol–water partition coefficient (Wildman–Crippen LogP) is 2.66. The van der Waals surface area contributed by atoms with Gasteiger partial charge in [0, 0.05) is 31.2 Å². The summed E-state index contributed by atoms with van der Waals surface area (Å²) in [6.45, 7) is 0. The molecule has 0 radical (unpaired) electrons. The fourth-order valence-electron chi connectivity index (χ4n) is 2.04. The fraction of sp³-hybridized carbons (Fsp3) is 0.0714. The summed E-state index contributed by atoms with van der Waals surface area (Å²) in [5, 5.41) is 6.77. The van der Waals surface area contributed by atoms with Gasteiger partial charge in [-0.15, -0.1) is 0 Å². The van der Waals surface area contributed by atoms with Crippen molar-refractivity contribution in [2.75, 3.05) is 5.32 Å². The van der Waals surface area contributed by atoms with Gasteiger partial charge in [-0.2, -0.15) is 5.10 Å². The SMILES string of the molecule is Cn1ccc(NC(=O)c2c[nH]c(=S)n2-c2ccc(F)cc2)n1. The van der Waals surface area contributed by atoms with Crippen LogP contribution in [0.2, 0.25) is 0 Å². The molecule has 0 saturated carbocycles. The van der Waals surface area contributed by atoms with Crippen LogP contribution in [0.1, 0.15) is 10.5 Å². The summed E-state index contributed by atoms with van der Waals surface area (Å²) in [5.74, 6) is -0.286. The van der Waals surface area contributed by atoms with Gasteiger partial charge in [0.1, 0.15) is 11.5 Å². The number of nitrogens with zero attached hydrogens (tertiary/aromatic N) is 3. The van der Waals surface area contributed by atoms with Gasteiger partial charge >= 0.3 is 0 Å². The molecule has 0 aliphatic carbocycles. The summed E-state index contributed by atoms with van der Waals surface area (Å²) < 4.78 is 16.5. The molecule has 0 bridgehead atoms. The van der Waals surface area contributed by atoms with Crippen LogP contribution in [0.3, 0.4) is 0 Å². The Hall–Kier alpha value is -2.74. The molecule has 3 aromatic rings. The molecular formula is C14H12FN5OS. The number of aromatic amines is 1. The third kappa shape index (κ3) is 2.68. The molecule has 8 heteroatoms. The quantitative estimate of drug-likeness (QED) is 0.730. The van der Waals surface area contributed by atoms with Crippen LogP contribution in [0.25, 0.3) is 5.69 Å². The average Bonchev–Trinajstić information content (AvgIpc) is 3.06. The van der Waals surface area contributed by atoms with E-state index in [0.717, 1.165) is 0 Å². The van der Waals surface area contributed by atoms with Crippen LogP contribution in [0.5, 0.6) is 0 Å². The van der Waals surface area contributed by atoms with Gasteiger partial charge in [0.05, 0.1) is 0 Å². The Morgan fingerprint density at radius 2 is 2.05 bits per heavy atom. The number of carbonyl (C=O) groups is 1. The zero-order valence-corrected chi connectivity index (χ0v) is 12.4. The van der Waals surface area contributed by atoms with E-state index in [0.29, 0.717) is 22.0 Å². The first kappa shape index (κ1) is 14.2. The molecule has 2 aromatic heterocycles. The molecule has 0 saturated heterocycles. The number of hydrogen-bond donors (Lipinski definition) is 2. The molecule has 112 valence electrons. The van der Waals surface area contributed by atoms with Crippen LogP contribution >= 0.6 is 12.2 Å². The van der Waals surface area contributed by atoms with Crippen molar-refractivity contribution in [1.82, 2.24) is 19.3 Å². The van der Waals surface area contributed by atoms with Crippen molar-refractivity contribution < 1.29 is 9.18 Å². The van der Waals surface area contributed by atoms with Gasteiger partial charge < -0.3 is 10.3 Å². The molecule has 0 unspecified atom stereocenters. The lowest BCUT2D eigenvalue weighted by atomic mass is 10.3. The number of rotatable bonds is 3. The highest BCUT2D eigenvalue weighted by Gasteiger charge is 2.15.